The van der Waals surface area contributed by atoms with Crippen LogP contribution in [0.3, 0.4) is 0 Å². The molecule has 3 atom stereocenters. The molecule has 0 saturated carbocycles. The number of halogens is 3. The molecule has 0 amide bonds. The molecule has 0 aliphatic carbocycles. The molecule has 0 spiro atoms. The Hall–Kier alpha value is -2.51. The van der Waals surface area contributed by atoms with Gasteiger partial charge in [-0.1, -0.05) is 25.1 Å². The standard InChI is InChI=1S/C29H36F3N3O/c1-18-9-10-34(16-18)11-12-36-20-14-23(30)26(24(31)15-20)28-27-22(21-7-5-6-8-25(21)33-27)13-19(2)35(28)17-29(3,4)32/h5-8,14-15,18-19,28,33H,9-13,16-17H2,1-4H3/t18-,19?,28?/m0/s1. The van der Waals surface area contributed by atoms with Gasteiger partial charge in [-0.2, -0.15) is 0 Å². The third-order valence-corrected chi connectivity index (χ3v) is 7.59. The number of ether oxygens (including phenoxy) is 1. The van der Waals surface area contributed by atoms with Crippen LogP contribution in [0.1, 0.15) is 57.0 Å². The molecule has 0 bridgehead atoms. The number of nitrogens with one attached hydrogen (secondary N) is 1. The van der Waals surface area contributed by atoms with Crippen LogP contribution in [0.25, 0.3) is 10.9 Å². The van der Waals surface area contributed by atoms with Gasteiger partial charge < -0.3 is 9.72 Å². The van der Waals surface area contributed by atoms with Crippen LogP contribution in [-0.4, -0.2) is 59.3 Å². The molecule has 7 heteroatoms. The Morgan fingerprint density at radius 3 is 2.50 bits per heavy atom. The summed E-state index contributed by atoms with van der Waals surface area (Å²) >= 11 is 0. The van der Waals surface area contributed by atoms with Gasteiger partial charge in [0.15, 0.2) is 0 Å². The first-order valence-corrected chi connectivity index (χ1v) is 13.0. The number of alkyl halides is 1. The zero-order valence-electron chi connectivity index (χ0n) is 21.6. The lowest BCUT2D eigenvalue weighted by Crippen LogP contribution is -2.48. The predicted molar refractivity (Wildman–Crippen MR) is 137 cm³/mol. The van der Waals surface area contributed by atoms with Gasteiger partial charge in [0.25, 0.3) is 0 Å². The summed E-state index contributed by atoms with van der Waals surface area (Å²) in [4.78, 5) is 7.60. The number of fused-ring (bicyclic) bond motifs is 3. The second-order valence-corrected chi connectivity index (χ2v) is 11.3. The molecule has 5 rings (SSSR count). The molecule has 3 aromatic rings. The van der Waals surface area contributed by atoms with Crippen LogP contribution < -0.4 is 4.74 Å². The zero-order chi connectivity index (χ0) is 25.6. The van der Waals surface area contributed by atoms with Crippen LogP contribution in [0.15, 0.2) is 36.4 Å². The Labute approximate surface area is 211 Å². The van der Waals surface area contributed by atoms with E-state index in [0.717, 1.165) is 41.8 Å². The van der Waals surface area contributed by atoms with Gasteiger partial charge in [-0.15, -0.1) is 0 Å². The topological polar surface area (TPSA) is 31.5 Å². The Morgan fingerprint density at radius 1 is 1.11 bits per heavy atom. The molecule has 1 fully saturated rings. The first-order valence-electron chi connectivity index (χ1n) is 13.0. The quantitative estimate of drug-likeness (QED) is 0.417. The average molecular weight is 500 g/mol. The lowest BCUT2D eigenvalue weighted by molar-refractivity contribution is 0.0642. The minimum atomic E-state index is -1.53. The summed E-state index contributed by atoms with van der Waals surface area (Å²) in [5, 5.41) is 1.04. The van der Waals surface area contributed by atoms with E-state index in [1.165, 1.54) is 32.4 Å². The maximum Gasteiger partial charge on any atom is 0.135 e. The normalized spacial score (nSPS) is 23.4. The van der Waals surface area contributed by atoms with E-state index in [1.54, 1.807) is 0 Å². The van der Waals surface area contributed by atoms with Crippen molar-refractivity contribution < 1.29 is 17.9 Å². The average Bonchev–Trinajstić information content (AvgIpc) is 3.37. The van der Waals surface area contributed by atoms with Crippen LogP contribution in [0.5, 0.6) is 5.75 Å². The molecule has 36 heavy (non-hydrogen) atoms. The van der Waals surface area contributed by atoms with Gasteiger partial charge in [-0.05, 0) is 57.7 Å². The molecule has 2 aliphatic rings. The second-order valence-electron chi connectivity index (χ2n) is 11.3. The van der Waals surface area contributed by atoms with Gasteiger partial charge in [-0.25, -0.2) is 13.2 Å². The number of H-pyrrole nitrogens is 1. The molecule has 1 aromatic heterocycles. The summed E-state index contributed by atoms with van der Waals surface area (Å²) in [5.74, 6) is -0.502. The smallest absolute Gasteiger partial charge is 0.135 e. The van der Waals surface area contributed by atoms with Crippen molar-refractivity contribution in [1.82, 2.24) is 14.8 Å². The number of aromatic amines is 1. The van der Waals surface area contributed by atoms with Gasteiger partial charge in [0.05, 0.1) is 6.04 Å². The van der Waals surface area contributed by atoms with Crippen LogP contribution >= 0.6 is 0 Å². The molecule has 4 nitrogen and oxygen atoms in total. The van der Waals surface area contributed by atoms with Crippen molar-refractivity contribution in [3.63, 3.8) is 0 Å². The Morgan fingerprint density at radius 2 is 1.83 bits per heavy atom. The van der Waals surface area contributed by atoms with Gasteiger partial charge >= 0.3 is 0 Å². The van der Waals surface area contributed by atoms with Crippen molar-refractivity contribution in [3.8, 4) is 5.75 Å². The van der Waals surface area contributed by atoms with Gasteiger partial charge in [0.2, 0.25) is 0 Å². The number of hydrogen-bond acceptors (Lipinski definition) is 3. The Kier molecular flexibility index (Phi) is 6.81. The van der Waals surface area contributed by atoms with E-state index in [1.807, 2.05) is 36.1 Å². The monoisotopic (exact) mass is 499 g/mol. The highest BCUT2D eigenvalue weighted by atomic mass is 19.1. The fourth-order valence-corrected chi connectivity index (χ4v) is 5.93. The molecule has 2 unspecified atom stereocenters. The van der Waals surface area contributed by atoms with Crippen LogP contribution in [0, 0.1) is 17.6 Å². The minimum Gasteiger partial charge on any atom is -0.492 e. The van der Waals surface area contributed by atoms with Crippen molar-refractivity contribution in [3.05, 3.63) is 64.9 Å². The summed E-state index contributed by atoms with van der Waals surface area (Å²) in [6.07, 6.45) is 1.84. The minimum absolute atomic E-state index is 0.0546. The summed E-state index contributed by atoms with van der Waals surface area (Å²) in [7, 11) is 0. The van der Waals surface area contributed by atoms with E-state index in [0.29, 0.717) is 18.9 Å². The van der Waals surface area contributed by atoms with E-state index >= 15 is 8.78 Å². The van der Waals surface area contributed by atoms with Gasteiger partial charge in [-0.3, -0.25) is 9.80 Å². The number of aromatic nitrogens is 1. The zero-order valence-corrected chi connectivity index (χ0v) is 21.6. The van der Waals surface area contributed by atoms with Crippen LogP contribution in [0.2, 0.25) is 0 Å². The first kappa shape index (κ1) is 25.2. The molecule has 1 N–H and O–H groups in total. The van der Waals surface area contributed by atoms with E-state index in [-0.39, 0.29) is 23.9 Å². The van der Waals surface area contributed by atoms with Crippen LogP contribution in [-0.2, 0) is 6.42 Å². The SMILES string of the molecule is CC1Cc2c([nH]c3ccccc23)C(c2c(F)cc(OCCN3CC[C@H](C)C3)cc2F)N1CC(C)(C)F. The first-order chi connectivity index (χ1) is 17.1. The summed E-state index contributed by atoms with van der Waals surface area (Å²) < 4.78 is 52.0. The molecule has 2 aromatic carbocycles. The number of rotatable bonds is 7. The van der Waals surface area contributed by atoms with Crippen molar-refractivity contribution in [1.29, 1.82) is 0 Å². The fraction of sp³-hybridized carbons (Fsp3) is 0.517. The molecule has 2 aliphatic heterocycles. The van der Waals surface area contributed by atoms with E-state index in [9.17, 15) is 4.39 Å². The van der Waals surface area contributed by atoms with Gasteiger partial charge in [0, 0.05) is 60.0 Å². The predicted octanol–water partition coefficient (Wildman–Crippen LogP) is 6.25. The Bertz CT molecular complexity index is 1210. The van der Waals surface area contributed by atoms with Crippen molar-refractivity contribution in [2.45, 2.75) is 58.3 Å². The summed E-state index contributed by atoms with van der Waals surface area (Å²) in [5.41, 5.74) is 1.08. The third-order valence-electron chi connectivity index (χ3n) is 7.59. The van der Waals surface area contributed by atoms with Crippen molar-refractivity contribution >= 4 is 10.9 Å². The van der Waals surface area contributed by atoms with E-state index < -0.39 is 23.3 Å². The second kappa shape index (κ2) is 9.75. The Balaban J connectivity index is 1.49. The van der Waals surface area contributed by atoms with Gasteiger partial charge in [0.1, 0.15) is 29.7 Å². The third kappa shape index (κ3) is 5.00. The molecule has 194 valence electrons. The highest BCUT2D eigenvalue weighted by Gasteiger charge is 2.41. The number of hydrogen-bond donors (Lipinski definition) is 1. The highest BCUT2D eigenvalue weighted by Crippen LogP contribution is 2.43. The summed E-state index contributed by atoms with van der Waals surface area (Å²) in [6.45, 7) is 10.4. The summed E-state index contributed by atoms with van der Waals surface area (Å²) in [6, 6.07) is 9.54. The largest absolute Gasteiger partial charge is 0.492 e. The molecule has 1 saturated heterocycles. The van der Waals surface area contributed by atoms with Crippen molar-refractivity contribution in [2.24, 2.45) is 5.92 Å². The van der Waals surface area contributed by atoms with Crippen molar-refractivity contribution in [2.75, 3.05) is 32.8 Å². The maximum absolute atomic E-state index is 15.7. The number of nitrogens with zero attached hydrogens (tertiary/aromatic N) is 2. The van der Waals surface area contributed by atoms with Crippen LogP contribution in [0.4, 0.5) is 13.2 Å². The number of benzene rings is 2. The fourth-order valence-electron chi connectivity index (χ4n) is 5.93. The lowest BCUT2D eigenvalue weighted by Gasteiger charge is -2.43. The molecule has 3 heterocycles. The lowest BCUT2D eigenvalue weighted by atomic mass is 9.87. The highest BCUT2D eigenvalue weighted by molar-refractivity contribution is 5.85. The molecular weight excluding hydrogens is 463 g/mol. The number of likely N-dealkylation sites (tertiary alicyclic amines) is 1. The van der Waals surface area contributed by atoms with E-state index in [2.05, 4.69) is 16.8 Å². The molecule has 0 radical (unpaired) electrons. The molecular formula is C29H36F3N3O. The van der Waals surface area contributed by atoms with E-state index in [4.69, 9.17) is 4.74 Å². The number of para-hydroxylation sites is 1. The maximum atomic E-state index is 15.7.